The number of nitrogens with one attached hydrogen (secondary N) is 1. The number of nitrogens with two attached hydrogens (primary N) is 1. The summed E-state index contributed by atoms with van der Waals surface area (Å²) in [6.07, 6.45) is 1.85. The van der Waals surface area contributed by atoms with Crippen LogP contribution in [0.4, 0.5) is 0 Å². The minimum absolute atomic E-state index is 0.214. The van der Waals surface area contributed by atoms with Gasteiger partial charge in [0.2, 0.25) is 0 Å². The van der Waals surface area contributed by atoms with E-state index >= 15 is 0 Å². The molecule has 1 atom stereocenters. The maximum absolute atomic E-state index is 8.98. The molecule has 0 saturated heterocycles. The van der Waals surface area contributed by atoms with Crippen molar-refractivity contribution in [3.05, 3.63) is 12.2 Å². The number of aliphatic imine (C=N–C) groups is 1. The molecule has 4 nitrogen and oxygen atoms in total. The van der Waals surface area contributed by atoms with Crippen molar-refractivity contribution in [2.24, 2.45) is 22.6 Å². The van der Waals surface area contributed by atoms with Gasteiger partial charge in [-0.3, -0.25) is 4.99 Å². The molecule has 1 unspecified atom stereocenters. The Morgan fingerprint density at radius 2 is 2.12 bits per heavy atom. The summed E-state index contributed by atoms with van der Waals surface area (Å²) < 4.78 is 0. The molecule has 0 aromatic heterocycles. The molecule has 0 aliphatic rings. The largest absolute Gasteiger partial charge is 0.396 e. The highest BCUT2D eigenvalue weighted by molar-refractivity contribution is 5.78. The predicted octanol–water partition coefficient (Wildman–Crippen LogP) is 1.51. The van der Waals surface area contributed by atoms with Crippen LogP contribution < -0.4 is 11.1 Å². The third-order valence-corrected chi connectivity index (χ3v) is 2.43. The average Bonchev–Trinajstić information content (AvgIpc) is 2.22. The van der Waals surface area contributed by atoms with E-state index in [2.05, 4.69) is 30.7 Å². The lowest BCUT2D eigenvalue weighted by atomic mass is 9.94. The van der Waals surface area contributed by atoms with E-state index in [1.54, 1.807) is 0 Å². The standard InChI is InChI=1S/C13H27N3O/c1-10(2)7-12(5-6-17)9-16-13(14)15-8-11(3)4/h10,12,17H,3,5-9H2,1-2,4H3,(H3,14,15,16). The number of rotatable bonds is 8. The molecule has 0 aromatic rings. The van der Waals surface area contributed by atoms with Crippen molar-refractivity contribution in [3.8, 4) is 0 Å². The average molecular weight is 241 g/mol. The second-order valence-electron chi connectivity index (χ2n) is 5.04. The molecule has 4 N–H and O–H groups in total. The van der Waals surface area contributed by atoms with Gasteiger partial charge in [-0.25, -0.2) is 0 Å². The van der Waals surface area contributed by atoms with Gasteiger partial charge in [0.25, 0.3) is 0 Å². The van der Waals surface area contributed by atoms with E-state index in [0.717, 1.165) is 18.4 Å². The number of aliphatic hydroxyl groups excluding tert-OH is 1. The van der Waals surface area contributed by atoms with Crippen molar-refractivity contribution >= 4 is 5.96 Å². The quantitative estimate of drug-likeness (QED) is 0.343. The van der Waals surface area contributed by atoms with E-state index in [-0.39, 0.29) is 6.61 Å². The van der Waals surface area contributed by atoms with Crippen molar-refractivity contribution in [2.75, 3.05) is 19.7 Å². The van der Waals surface area contributed by atoms with Gasteiger partial charge in [0.05, 0.1) is 0 Å². The lowest BCUT2D eigenvalue weighted by Gasteiger charge is -2.16. The molecular formula is C13H27N3O. The molecule has 0 bridgehead atoms. The van der Waals surface area contributed by atoms with Crippen LogP contribution in [-0.2, 0) is 0 Å². The molecule has 0 aliphatic carbocycles. The predicted molar refractivity (Wildman–Crippen MR) is 74.0 cm³/mol. The Balaban J connectivity index is 4.07. The van der Waals surface area contributed by atoms with E-state index in [9.17, 15) is 0 Å². The normalized spacial score (nSPS) is 13.8. The van der Waals surface area contributed by atoms with Crippen molar-refractivity contribution in [1.29, 1.82) is 0 Å². The Morgan fingerprint density at radius 3 is 2.59 bits per heavy atom. The first-order valence-electron chi connectivity index (χ1n) is 6.24. The molecule has 0 heterocycles. The molecular weight excluding hydrogens is 214 g/mol. The number of guanidine groups is 1. The zero-order chi connectivity index (χ0) is 13.3. The first-order valence-corrected chi connectivity index (χ1v) is 6.24. The molecule has 100 valence electrons. The summed E-state index contributed by atoms with van der Waals surface area (Å²) in [5, 5.41) is 12.0. The summed E-state index contributed by atoms with van der Waals surface area (Å²) in [6, 6.07) is 0. The Labute approximate surface area is 105 Å². The molecule has 0 fully saturated rings. The van der Waals surface area contributed by atoms with Gasteiger partial charge >= 0.3 is 0 Å². The van der Waals surface area contributed by atoms with Crippen molar-refractivity contribution in [2.45, 2.75) is 33.6 Å². The van der Waals surface area contributed by atoms with Gasteiger partial charge in [0.1, 0.15) is 0 Å². The van der Waals surface area contributed by atoms with E-state index < -0.39 is 0 Å². The lowest BCUT2D eigenvalue weighted by Crippen LogP contribution is -2.33. The number of hydrogen-bond acceptors (Lipinski definition) is 2. The van der Waals surface area contributed by atoms with Crippen LogP contribution in [0.2, 0.25) is 0 Å². The van der Waals surface area contributed by atoms with Crippen LogP contribution in [0.5, 0.6) is 0 Å². The fourth-order valence-corrected chi connectivity index (χ4v) is 1.66. The van der Waals surface area contributed by atoms with Crippen LogP contribution in [0.15, 0.2) is 17.1 Å². The van der Waals surface area contributed by atoms with Crippen molar-refractivity contribution in [1.82, 2.24) is 5.32 Å². The van der Waals surface area contributed by atoms with Crippen LogP contribution in [0.3, 0.4) is 0 Å². The van der Waals surface area contributed by atoms with Gasteiger partial charge in [-0.2, -0.15) is 0 Å². The van der Waals surface area contributed by atoms with Gasteiger partial charge in [0.15, 0.2) is 5.96 Å². The van der Waals surface area contributed by atoms with Gasteiger partial charge in [-0.1, -0.05) is 26.0 Å². The number of aliphatic hydroxyl groups is 1. The van der Waals surface area contributed by atoms with Crippen molar-refractivity contribution in [3.63, 3.8) is 0 Å². The maximum atomic E-state index is 8.98. The maximum Gasteiger partial charge on any atom is 0.188 e. The van der Waals surface area contributed by atoms with E-state index in [1.807, 2.05) is 6.92 Å². The minimum Gasteiger partial charge on any atom is -0.396 e. The monoisotopic (exact) mass is 241 g/mol. The molecule has 0 radical (unpaired) electrons. The Morgan fingerprint density at radius 1 is 1.47 bits per heavy atom. The first-order chi connectivity index (χ1) is 7.95. The second kappa shape index (κ2) is 9.05. The molecule has 0 spiro atoms. The first kappa shape index (κ1) is 16.0. The summed E-state index contributed by atoms with van der Waals surface area (Å²) in [5.41, 5.74) is 6.76. The SMILES string of the molecule is C=C(C)CNC(N)=NCC(CCO)CC(C)C. The molecule has 0 aromatic carbocycles. The van der Waals surface area contributed by atoms with E-state index in [0.29, 0.717) is 30.9 Å². The summed E-state index contributed by atoms with van der Waals surface area (Å²) in [5.74, 6) is 1.48. The summed E-state index contributed by atoms with van der Waals surface area (Å²) in [7, 11) is 0. The second-order valence-corrected chi connectivity index (χ2v) is 5.04. The molecule has 4 heteroatoms. The smallest absolute Gasteiger partial charge is 0.188 e. The van der Waals surface area contributed by atoms with Crippen LogP contribution >= 0.6 is 0 Å². The van der Waals surface area contributed by atoms with Gasteiger partial charge in [-0.15, -0.1) is 0 Å². The Hall–Kier alpha value is -1.03. The zero-order valence-corrected chi connectivity index (χ0v) is 11.4. The van der Waals surface area contributed by atoms with E-state index in [1.165, 1.54) is 0 Å². The van der Waals surface area contributed by atoms with Gasteiger partial charge in [-0.05, 0) is 31.6 Å². The van der Waals surface area contributed by atoms with Gasteiger partial charge < -0.3 is 16.2 Å². The molecule has 0 aliphatic heterocycles. The number of hydrogen-bond donors (Lipinski definition) is 3. The van der Waals surface area contributed by atoms with Crippen LogP contribution in [0, 0.1) is 11.8 Å². The summed E-state index contributed by atoms with van der Waals surface area (Å²) in [6.45, 7) is 11.6. The fraction of sp³-hybridized carbons (Fsp3) is 0.769. The number of nitrogens with zero attached hydrogens (tertiary/aromatic N) is 1. The highest BCUT2D eigenvalue weighted by atomic mass is 16.3. The minimum atomic E-state index is 0.214. The Kier molecular flexibility index (Phi) is 8.50. The topological polar surface area (TPSA) is 70.6 Å². The van der Waals surface area contributed by atoms with Crippen LogP contribution in [0.25, 0.3) is 0 Å². The molecule has 0 saturated carbocycles. The third-order valence-electron chi connectivity index (χ3n) is 2.43. The summed E-state index contributed by atoms with van der Waals surface area (Å²) in [4.78, 5) is 4.30. The Bertz CT molecular complexity index is 249. The van der Waals surface area contributed by atoms with Crippen molar-refractivity contribution < 1.29 is 5.11 Å². The zero-order valence-electron chi connectivity index (χ0n) is 11.4. The molecule has 0 rings (SSSR count). The third kappa shape index (κ3) is 9.87. The molecule has 0 amide bonds. The highest BCUT2D eigenvalue weighted by Gasteiger charge is 2.10. The van der Waals surface area contributed by atoms with Gasteiger partial charge in [0, 0.05) is 19.7 Å². The lowest BCUT2D eigenvalue weighted by molar-refractivity contribution is 0.246. The highest BCUT2D eigenvalue weighted by Crippen LogP contribution is 2.15. The molecule has 17 heavy (non-hydrogen) atoms. The van der Waals surface area contributed by atoms with Crippen LogP contribution in [-0.4, -0.2) is 30.8 Å². The van der Waals surface area contributed by atoms with E-state index in [4.69, 9.17) is 10.8 Å². The fourth-order valence-electron chi connectivity index (χ4n) is 1.66. The van der Waals surface area contributed by atoms with Crippen LogP contribution in [0.1, 0.15) is 33.6 Å². The summed E-state index contributed by atoms with van der Waals surface area (Å²) >= 11 is 0.